The summed E-state index contributed by atoms with van der Waals surface area (Å²) in [5.74, 6) is 1.08. The summed E-state index contributed by atoms with van der Waals surface area (Å²) in [7, 11) is 0. The van der Waals surface area contributed by atoms with Gasteiger partial charge in [0.2, 0.25) is 0 Å². The average Bonchev–Trinajstić information content (AvgIpc) is 2.78. The van der Waals surface area contributed by atoms with Gasteiger partial charge in [0.15, 0.2) is 0 Å². The molecule has 0 spiro atoms. The first-order valence-corrected chi connectivity index (χ1v) is 6.62. The van der Waals surface area contributed by atoms with E-state index in [1.807, 2.05) is 30.6 Å². The van der Waals surface area contributed by atoms with Crippen molar-refractivity contribution in [2.24, 2.45) is 0 Å². The number of rotatable bonds is 6. The molecule has 0 bridgehead atoms. The molecule has 0 aliphatic heterocycles. The number of nitrogens with zero attached hydrogens (tertiary/aromatic N) is 2. The Morgan fingerprint density at radius 3 is 3.00 bits per heavy atom. The van der Waals surface area contributed by atoms with Gasteiger partial charge in [-0.15, -0.1) is 0 Å². The van der Waals surface area contributed by atoms with Gasteiger partial charge in [-0.05, 0) is 24.1 Å². The quantitative estimate of drug-likeness (QED) is 0.867. The van der Waals surface area contributed by atoms with Crippen molar-refractivity contribution in [2.45, 2.75) is 33.0 Å². The number of imidazole rings is 1. The largest absolute Gasteiger partial charge is 0.334 e. The zero-order valence-corrected chi connectivity index (χ0v) is 11.3. The summed E-state index contributed by atoms with van der Waals surface area (Å²) >= 11 is 5.95. The van der Waals surface area contributed by atoms with Crippen molar-refractivity contribution in [1.29, 1.82) is 0 Å². The molecule has 0 fully saturated rings. The fourth-order valence-electron chi connectivity index (χ4n) is 1.92. The standard InChI is InChI=1S/C14H18ClN3/c1-2-7-18-8-6-17-14(18)11-16-10-12-4-3-5-13(15)9-12/h3-6,8-9,16H,2,7,10-11H2,1H3. The molecule has 0 atom stereocenters. The lowest BCUT2D eigenvalue weighted by molar-refractivity contribution is 0.588. The van der Waals surface area contributed by atoms with Crippen LogP contribution in [-0.4, -0.2) is 9.55 Å². The minimum atomic E-state index is 0.777. The monoisotopic (exact) mass is 263 g/mol. The number of halogens is 1. The second kappa shape index (κ2) is 6.57. The van der Waals surface area contributed by atoms with E-state index < -0.39 is 0 Å². The lowest BCUT2D eigenvalue weighted by Crippen LogP contribution is -2.16. The van der Waals surface area contributed by atoms with Crippen molar-refractivity contribution < 1.29 is 0 Å². The summed E-state index contributed by atoms with van der Waals surface area (Å²) in [6.07, 6.45) is 5.00. The van der Waals surface area contributed by atoms with E-state index in [1.54, 1.807) is 0 Å². The van der Waals surface area contributed by atoms with Crippen LogP contribution in [0.4, 0.5) is 0 Å². The van der Waals surface area contributed by atoms with Crippen molar-refractivity contribution in [2.75, 3.05) is 0 Å². The molecule has 18 heavy (non-hydrogen) atoms. The van der Waals surface area contributed by atoms with Crippen LogP contribution in [0.25, 0.3) is 0 Å². The molecule has 2 rings (SSSR count). The molecule has 1 aromatic carbocycles. The molecular formula is C14H18ClN3. The maximum absolute atomic E-state index is 5.95. The van der Waals surface area contributed by atoms with Gasteiger partial charge >= 0.3 is 0 Å². The molecule has 96 valence electrons. The van der Waals surface area contributed by atoms with Gasteiger partial charge < -0.3 is 9.88 Å². The van der Waals surface area contributed by atoms with Crippen LogP contribution in [0.1, 0.15) is 24.7 Å². The van der Waals surface area contributed by atoms with Crippen molar-refractivity contribution in [3.05, 3.63) is 53.1 Å². The average molecular weight is 264 g/mol. The zero-order valence-electron chi connectivity index (χ0n) is 10.6. The number of nitrogens with one attached hydrogen (secondary N) is 1. The molecule has 0 aliphatic rings. The molecule has 1 N–H and O–H groups in total. The highest BCUT2D eigenvalue weighted by Crippen LogP contribution is 2.10. The Hall–Kier alpha value is -1.32. The van der Waals surface area contributed by atoms with Crippen molar-refractivity contribution in [3.8, 4) is 0 Å². The molecule has 4 heteroatoms. The van der Waals surface area contributed by atoms with Gasteiger partial charge in [-0.25, -0.2) is 4.98 Å². The molecule has 0 saturated heterocycles. The number of hydrogen-bond acceptors (Lipinski definition) is 2. The Morgan fingerprint density at radius 1 is 1.33 bits per heavy atom. The van der Waals surface area contributed by atoms with E-state index in [0.717, 1.165) is 36.9 Å². The molecule has 0 aliphatic carbocycles. The van der Waals surface area contributed by atoms with Gasteiger partial charge in [0.1, 0.15) is 5.82 Å². The number of aryl methyl sites for hydroxylation is 1. The Bertz CT molecular complexity index is 493. The van der Waals surface area contributed by atoms with Gasteiger partial charge in [0.05, 0.1) is 6.54 Å². The van der Waals surface area contributed by atoms with Crippen LogP contribution in [0, 0.1) is 0 Å². The van der Waals surface area contributed by atoms with Crippen LogP contribution in [0.2, 0.25) is 5.02 Å². The SMILES string of the molecule is CCCn1ccnc1CNCc1cccc(Cl)c1. The molecule has 0 saturated carbocycles. The third-order valence-electron chi connectivity index (χ3n) is 2.77. The summed E-state index contributed by atoms with van der Waals surface area (Å²) < 4.78 is 2.19. The van der Waals surface area contributed by atoms with Crippen LogP contribution in [-0.2, 0) is 19.6 Å². The predicted octanol–water partition coefficient (Wildman–Crippen LogP) is 3.24. The van der Waals surface area contributed by atoms with Crippen LogP contribution < -0.4 is 5.32 Å². The smallest absolute Gasteiger partial charge is 0.122 e. The first-order chi connectivity index (χ1) is 8.79. The van der Waals surface area contributed by atoms with Gasteiger partial charge in [-0.1, -0.05) is 30.7 Å². The second-order valence-corrected chi connectivity index (χ2v) is 4.71. The minimum absolute atomic E-state index is 0.777. The third-order valence-corrected chi connectivity index (χ3v) is 3.00. The number of benzene rings is 1. The predicted molar refractivity (Wildman–Crippen MR) is 74.5 cm³/mol. The highest BCUT2D eigenvalue weighted by Gasteiger charge is 2.01. The maximum atomic E-state index is 5.95. The summed E-state index contributed by atoms with van der Waals surface area (Å²) in [4.78, 5) is 4.36. The maximum Gasteiger partial charge on any atom is 0.122 e. The van der Waals surface area contributed by atoms with E-state index >= 15 is 0 Å². The van der Waals surface area contributed by atoms with Gasteiger partial charge in [-0.2, -0.15) is 0 Å². The van der Waals surface area contributed by atoms with Gasteiger partial charge in [-0.3, -0.25) is 0 Å². The van der Waals surface area contributed by atoms with Crippen molar-refractivity contribution in [1.82, 2.24) is 14.9 Å². The van der Waals surface area contributed by atoms with Gasteiger partial charge in [0, 0.05) is 30.5 Å². The van der Waals surface area contributed by atoms with Crippen LogP contribution in [0.5, 0.6) is 0 Å². The molecule has 0 radical (unpaired) electrons. The van der Waals surface area contributed by atoms with Crippen molar-refractivity contribution in [3.63, 3.8) is 0 Å². The Kier molecular flexibility index (Phi) is 4.79. The fraction of sp³-hybridized carbons (Fsp3) is 0.357. The first-order valence-electron chi connectivity index (χ1n) is 6.24. The molecule has 0 unspecified atom stereocenters. The summed E-state index contributed by atoms with van der Waals surface area (Å²) in [6.45, 7) is 4.77. The Morgan fingerprint density at radius 2 is 2.22 bits per heavy atom. The number of aromatic nitrogens is 2. The molecule has 3 nitrogen and oxygen atoms in total. The molecular weight excluding hydrogens is 246 g/mol. The van der Waals surface area contributed by atoms with E-state index in [-0.39, 0.29) is 0 Å². The van der Waals surface area contributed by atoms with E-state index in [0.29, 0.717) is 0 Å². The van der Waals surface area contributed by atoms with Gasteiger partial charge in [0.25, 0.3) is 0 Å². The van der Waals surface area contributed by atoms with E-state index in [4.69, 9.17) is 11.6 Å². The number of hydrogen-bond donors (Lipinski definition) is 1. The van der Waals surface area contributed by atoms with E-state index in [9.17, 15) is 0 Å². The zero-order chi connectivity index (χ0) is 12.8. The third kappa shape index (κ3) is 3.59. The molecule has 1 heterocycles. The second-order valence-electron chi connectivity index (χ2n) is 4.27. The van der Waals surface area contributed by atoms with E-state index in [2.05, 4.69) is 27.9 Å². The summed E-state index contributed by atoms with van der Waals surface area (Å²) in [5.41, 5.74) is 1.19. The summed E-state index contributed by atoms with van der Waals surface area (Å²) in [5, 5.41) is 4.17. The lowest BCUT2D eigenvalue weighted by Gasteiger charge is -2.08. The van der Waals surface area contributed by atoms with Crippen LogP contribution in [0.15, 0.2) is 36.7 Å². The lowest BCUT2D eigenvalue weighted by atomic mass is 10.2. The normalized spacial score (nSPS) is 10.8. The minimum Gasteiger partial charge on any atom is -0.334 e. The topological polar surface area (TPSA) is 29.9 Å². The summed E-state index contributed by atoms with van der Waals surface area (Å²) in [6, 6.07) is 7.90. The van der Waals surface area contributed by atoms with Crippen molar-refractivity contribution >= 4 is 11.6 Å². The molecule has 2 aromatic rings. The Labute approximate surface area is 113 Å². The fourth-order valence-corrected chi connectivity index (χ4v) is 2.13. The molecule has 0 amide bonds. The van der Waals surface area contributed by atoms with Crippen LogP contribution in [0.3, 0.4) is 0 Å². The Balaban J connectivity index is 1.86. The van der Waals surface area contributed by atoms with E-state index in [1.165, 1.54) is 5.56 Å². The molecule has 1 aromatic heterocycles. The highest BCUT2D eigenvalue weighted by atomic mass is 35.5. The first kappa shape index (κ1) is 13.1. The van der Waals surface area contributed by atoms with Crippen LogP contribution >= 0.6 is 11.6 Å². The highest BCUT2D eigenvalue weighted by molar-refractivity contribution is 6.30.